The molecule has 16 heavy (non-hydrogen) atoms. The van der Waals surface area contributed by atoms with E-state index >= 15 is 0 Å². The highest BCUT2D eigenvalue weighted by molar-refractivity contribution is 5.18. The van der Waals surface area contributed by atoms with Crippen LogP contribution in [0.4, 0.5) is 0 Å². The predicted molar refractivity (Wildman–Crippen MR) is 67.4 cm³/mol. The summed E-state index contributed by atoms with van der Waals surface area (Å²) < 4.78 is 11.6. The standard InChI is InChI=1S/C14H26O2/c1-7-12(10(2)3)11(4)13-8-9-15-14(5,6)16-13/h10,13H,7-9H2,1-6H3/b12-11+/t13-/m0/s1. The van der Waals surface area contributed by atoms with Gasteiger partial charge in [-0.25, -0.2) is 0 Å². The van der Waals surface area contributed by atoms with Crippen LogP contribution in [-0.2, 0) is 9.47 Å². The fourth-order valence-corrected chi connectivity index (χ4v) is 2.50. The summed E-state index contributed by atoms with van der Waals surface area (Å²) in [6.07, 6.45) is 2.33. The quantitative estimate of drug-likeness (QED) is 0.679. The molecular formula is C14H26O2. The summed E-state index contributed by atoms with van der Waals surface area (Å²) in [7, 11) is 0. The zero-order valence-electron chi connectivity index (χ0n) is 11.6. The smallest absolute Gasteiger partial charge is 0.163 e. The van der Waals surface area contributed by atoms with Gasteiger partial charge in [0, 0.05) is 6.42 Å². The van der Waals surface area contributed by atoms with Crippen molar-refractivity contribution in [2.45, 2.75) is 66.3 Å². The van der Waals surface area contributed by atoms with Gasteiger partial charge in [-0.15, -0.1) is 0 Å². The van der Waals surface area contributed by atoms with E-state index in [0.29, 0.717) is 5.92 Å². The van der Waals surface area contributed by atoms with E-state index in [4.69, 9.17) is 9.47 Å². The molecule has 0 saturated carbocycles. The van der Waals surface area contributed by atoms with E-state index < -0.39 is 5.79 Å². The lowest BCUT2D eigenvalue weighted by Crippen LogP contribution is -2.40. The van der Waals surface area contributed by atoms with Gasteiger partial charge in [0.25, 0.3) is 0 Å². The number of hydrogen-bond acceptors (Lipinski definition) is 2. The first-order valence-electron chi connectivity index (χ1n) is 6.38. The molecule has 2 nitrogen and oxygen atoms in total. The average Bonchev–Trinajstić information content (AvgIpc) is 2.16. The highest BCUT2D eigenvalue weighted by Crippen LogP contribution is 2.30. The largest absolute Gasteiger partial charge is 0.350 e. The third kappa shape index (κ3) is 3.33. The molecule has 0 aromatic heterocycles. The lowest BCUT2D eigenvalue weighted by molar-refractivity contribution is -0.265. The summed E-state index contributed by atoms with van der Waals surface area (Å²) in [5.74, 6) is 0.180. The van der Waals surface area contributed by atoms with Gasteiger partial charge in [-0.1, -0.05) is 26.3 Å². The number of hydrogen-bond donors (Lipinski definition) is 0. The van der Waals surface area contributed by atoms with Gasteiger partial charge in [0.05, 0.1) is 12.7 Å². The molecule has 0 aromatic rings. The molecule has 1 fully saturated rings. The van der Waals surface area contributed by atoms with Crippen molar-refractivity contribution in [3.8, 4) is 0 Å². The Kier molecular flexibility index (Phi) is 4.57. The summed E-state index contributed by atoms with van der Waals surface area (Å²) in [6.45, 7) is 13.7. The summed E-state index contributed by atoms with van der Waals surface area (Å²) in [5, 5.41) is 0. The Morgan fingerprint density at radius 2 is 2.00 bits per heavy atom. The van der Waals surface area contributed by atoms with Crippen LogP contribution in [0, 0.1) is 5.92 Å². The van der Waals surface area contributed by atoms with E-state index in [1.54, 1.807) is 0 Å². The van der Waals surface area contributed by atoms with Crippen molar-refractivity contribution < 1.29 is 9.47 Å². The fraction of sp³-hybridized carbons (Fsp3) is 0.857. The third-order valence-corrected chi connectivity index (χ3v) is 3.32. The first-order valence-corrected chi connectivity index (χ1v) is 6.38. The highest BCUT2D eigenvalue weighted by Gasteiger charge is 2.31. The van der Waals surface area contributed by atoms with Crippen LogP contribution in [0.3, 0.4) is 0 Å². The number of rotatable bonds is 3. The lowest BCUT2D eigenvalue weighted by atomic mass is 9.91. The van der Waals surface area contributed by atoms with Gasteiger partial charge in [-0.3, -0.25) is 0 Å². The van der Waals surface area contributed by atoms with Crippen molar-refractivity contribution in [3.63, 3.8) is 0 Å². The van der Waals surface area contributed by atoms with E-state index in [9.17, 15) is 0 Å². The second-order valence-corrected chi connectivity index (χ2v) is 5.36. The molecular weight excluding hydrogens is 200 g/mol. The van der Waals surface area contributed by atoms with Crippen molar-refractivity contribution in [2.24, 2.45) is 5.92 Å². The maximum atomic E-state index is 5.99. The topological polar surface area (TPSA) is 18.5 Å². The minimum absolute atomic E-state index is 0.237. The molecule has 0 bridgehead atoms. The minimum Gasteiger partial charge on any atom is -0.350 e. The molecule has 0 aromatic carbocycles. The molecule has 0 spiro atoms. The summed E-state index contributed by atoms with van der Waals surface area (Å²) in [4.78, 5) is 0. The number of allylic oxidation sites excluding steroid dienone is 1. The highest BCUT2D eigenvalue weighted by atomic mass is 16.7. The summed E-state index contributed by atoms with van der Waals surface area (Å²) >= 11 is 0. The molecule has 0 amide bonds. The summed E-state index contributed by atoms with van der Waals surface area (Å²) in [5.41, 5.74) is 2.94. The van der Waals surface area contributed by atoms with E-state index in [-0.39, 0.29) is 6.10 Å². The van der Waals surface area contributed by atoms with Crippen molar-refractivity contribution in [1.82, 2.24) is 0 Å². The Morgan fingerprint density at radius 3 is 2.44 bits per heavy atom. The Morgan fingerprint density at radius 1 is 1.38 bits per heavy atom. The van der Waals surface area contributed by atoms with Gasteiger partial charge in [0.15, 0.2) is 5.79 Å². The normalized spacial score (nSPS) is 26.8. The van der Waals surface area contributed by atoms with Gasteiger partial charge in [0.1, 0.15) is 0 Å². The van der Waals surface area contributed by atoms with Crippen LogP contribution in [-0.4, -0.2) is 18.5 Å². The number of ether oxygens (including phenoxy) is 2. The molecule has 1 saturated heterocycles. The Labute approximate surface area is 100 Å². The van der Waals surface area contributed by atoms with E-state index in [1.165, 1.54) is 11.1 Å². The average molecular weight is 226 g/mol. The molecule has 0 radical (unpaired) electrons. The SMILES string of the molecule is CC/C(=C(/C)[C@@H]1CCOC(C)(C)O1)C(C)C. The van der Waals surface area contributed by atoms with Crippen molar-refractivity contribution >= 4 is 0 Å². The molecule has 1 aliphatic heterocycles. The van der Waals surface area contributed by atoms with Gasteiger partial charge in [0.2, 0.25) is 0 Å². The van der Waals surface area contributed by atoms with Crippen LogP contribution < -0.4 is 0 Å². The maximum absolute atomic E-state index is 5.99. The van der Waals surface area contributed by atoms with Gasteiger partial charge < -0.3 is 9.47 Å². The maximum Gasteiger partial charge on any atom is 0.163 e. The van der Waals surface area contributed by atoms with Crippen molar-refractivity contribution in [2.75, 3.05) is 6.61 Å². The molecule has 0 N–H and O–H groups in total. The van der Waals surface area contributed by atoms with Crippen molar-refractivity contribution in [3.05, 3.63) is 11.1 Å². The van der Waals surface area contributed by atoms with Gasteiger partial charge in [-0.05, 0) is 38.7 Å². The lowest BCUT2D eigenvalue weighted by Gasteiger charge is -2.37. The van der Waals surface area contributed by atoms with Crippen LogP contribution in [0.5, 0.6) is 0 Å². The predicted octanol–water partition coefficient (Wildman–Crippen LogP) is 3.91. The van der Waals surface area contributed by atoms with Crippen LogP contribution in [0.1, 0.15) is 54.4 Å². The second-order valence-electron chi connectivity index (χ2n) is 5.36. The van der Waals surface area contributed by atoms with Gasteiger partial charge in [-0.2, -0.15) is 0 Å². The Hall–Kier alpha value is -0.340. The summed E-state index contributed by atoms with van der Waals surface area (Å²) in [6, 6.07) is 0. The molecule has 0 unspecified atom stereocenters. The molecule has 1 aliphatic rings. The zero-order chi connectivity index (χ0) is 12.3. The monoisotopic (exact) mass is 226 g/mol. The molecule has 1 rings (SSSR count). The van der Waals surface area contributed by atoms with Crippen LogP contribution in [0.25, 0.3) is 0 Å². The van der Waals surface area contributed by atoms with Crippen LogP contribution >= 0.6 is 0 Å². The second kappa shape index (κ2) is 5.33. The molecule has 1 atom stereocenters. The zero-order valence-corrected chi connectivity index (χ0v) is 11.6. The minimum atomic E-state index is -0.431. The third-order valence-electron chi connectivity index (χ3n) is 3.32. The molecule has 2 heteroatoms. The van der Waals surface area contributed by atoms with Crippen LogP contribution in [0.2, 0.25) is 0 Å². The molecule has 94 valence electrons. The fourth-order valence-electron chi connectivity index (χ4n) is 2.50. The molecule has 1 heterocycles. The van der Waals surface area contributed by atoms with Crippen LogP contribution in [0.15, 0.2) is 11.1 Å². The van der Waals surface area contributed by atoms with Crippen molar-refractivity contribution in [1.29, 1.82) is 0 Å². The molecule has 0 aliphatic carbocycles. The first-order chi connectivity index (χ1) is 7.37. The van der Waals surface area contributed by atoms with E-state index in [1.807, 2.05) is 13.8 Å². The first kappa shape index (κ1) is 13.7. The Bertz CT molecular complexity index is 264. The van der Waals surface area contributed by atoms with E-state index in [0.717, 1.165) is 19.4 Å². The van der Waals surface area contributed by atoms with E-state index in [2.05, 4.69) is 27.7 Å². The van der Waals surface area contributed by atoms with Gasteiger partial charge >= 0.3 is 0 Å². The Balaban J connectivity index is 2.83.